The quantitative estimate of drug-likeness (QED) is 0.675. The number of hydrazone groups is 1. The Balaban J connectivity index is 1.49. The summed E-state index contributed by atoms with van der Waals surface area (Å²) in [5, 5.41) is 8.00. The van der Waals surface area contributed by atoms with Crippen molar-refractivity contribution in [2.75, 3.05) is 0 Å². The second kappa shape index (κ2) is 6.75. The maximum absolute atomic E-state index is 12.7. The molecule has 5 heteroatoms. The summed E-state index contributed by atoms with van der Waals surface area (Å²) < 4.78 is 0. The van der Waals surface area contributed by atoms with Crippen molar-refractivity contribution < 1.29 is 9.59 Å². The van der Waals surface area contributed by atoms with Gasteiger partial charge in [0.1, 0.15) is 5.54 Å². The molecule has 1 saturated heterocycles. The molecule has 0 aromatic heterocycles. The molecule has 0 unspecified atom stereocenters. The highest BCUT2D eigenvalue weighted by atomic mass is 16.2. The second-order valence-electron chi connectivity index (χ2n) is 6.92. The maximum atomic E-state index is 12.7. The Hall–Kier alpha value is -2.95. The van der Waals surface area contributed by atoms with Gasteiger partial charge in [-0.2, -0.15) is 5.10 Å². The number of benzene rings is 2. The Morgan fingerprint density at radius 1 is 0.885 bits per heavy atom. The summed E-state index contributed by atoms with van der Waals surface area (Å²) in [4.78, 5) is 24.9. The van der Waals surface area contributed by atoms with Gasteiger partial charge in [0.2, 0.25) is 0 Å². The fourth-order valence-corrected chi connectivity index (χ4v) is 3.72. The largest absolute Gasteiger partial charge is 0.346 e. The van der Waals surface area contributed by atoms with Crippen LogP contribution >= 0.6 is 0 Å². The minimum absolute atomic E-state index is 0.223. The lowest BCUT2D eigenvalue weighted by molar-refractivity contribution is -0.132. The number of nitrogens with zero attached hydrogens (tertiary/aromatic N) is 2. The van der Waals surface area contributed by atoms with Crippen molar-refractivity contribution in [3.8, 4) is 11.1 Å². The summed E-state index contributed by atoms with van der Waals surface area (Å²) in [5.74, 6) is -0.223. The first-order chi connectivity index (χ1) is 12.7. The van der Waals surface area contributed by atoms with E-state index in [2.05, 4.69) is 22.6 Å². The predicted molar refractivity (Wildman–Crippen MR) is 101 cm³/mol. The van der Waals surface area contributed by atoms with Gasteiger partial charge >= 0.3 is 6.03 Å². The highest BCUT2D eigenvalue weighted by Crippen LogP contribution is 2.33. The molecule has 1 heterocycles. The molecular weight excluding hydrogens is 326 g/mol. The second-order valence-corrected chi connectivity index (χ2v) is 6.92. The molecule has 0 bridgehead atoms. The zero-order valence-corrected chi connectivity index (χ0v) is 14.5. The Labute approximate surface area is 152 Å². The Bertz CT molecular complexity index is 837. The first kappa shape index (κ1) is 16.5. The molecular formula is C21H21N3O2. The van der Waals surface area contributed by atoms with Crippen molar-refractivity contribution in [1.82, 2.24) is 10.3 Å². The smallest absolute Gasteiger partial charge is 0.321 e. The van der Waals surface area contributed by atoms with Gasteiger partial charge in [0.05, 0.1) is 6.21 Å². The van der Waals surface area contributed by atoms with Gasteiger partial charge < -0.3 is 5.32 Å². The van der Waals surface area contributed by atoms with Crippen LogP contribution in [0.4, 0.5) is 4.79 Å². The summed E-state index contributed by atoms with van der Waals surface area (Å²) in [7, 11) is 0. The Morgan fingerprint density at radius 3 is 2.23 bits per heavy atom. The van der Waals surface area contributed by atoms with Gasteiger partial charge in [-0.3, -0.25) is 4.79 Å². The van der Waals surface area contributed by atoms with Crippen molar-refractivity contribution in [1.29, 1.82) is 0 Å². The molecule has 0 atom stereocenters. The van der Waals surface area contributed by atoms with Crippen molar-refractivity contribution in [2.24, 2.45) is 5.10 Å². The molecule has 2 aliphatic rings. The van der Waals surface area contributed by atoms with Gasteiger partial charge in [0, 0.05) is 0 Å². The van der Waals surface area contributed by atoms with E-state index in [9.17, 15) is 9.59 Å². The highest BCUT2D eigenvalue weighted by Gasteiger charge is 2.51. The molecule has 4 rings (SSSR count). The summed E-state index contributed by atoms with van der Waals surface area (Å²) in [6.07, 6.45) is 6.01. The molecule has 2 aromatic rings. The third-order valence-corrected chi connectivity index (χ3v) is 5.19. The number of hydrogen-bond donors (Lipinski definition) is 1. The SMILES string of the molecule is O=C1NC2(CCCCC2)C(=O)N1/N=C\c1ccc(-c2ccccc2)cc1. The molecule has 2 fully saturated rings. The van der Waals surface area contributed by atoms with Crippen LogP contribution in [0.1, 0.15) is 37.7 Å². The highest BCUT2D eigenvalue weighted by molar-refractivity contribution is 6.07. The number of carbonyl (C=O) groups is 2. The van der Waals surface area contributed by atoms with Crippen molar-refractivity contribution in [2.45, 2.75) is 37.6 Å². The molecule has 2 aromatic carbocycles. The monoisotopic (exact) mass is 347 g/mol. The first-order valence-electron chi connectivity index (χ1n) is 9.04. The van der Waals surface area contributed by atoms with Gasteiger partial charge in [-0.25, -0.2) is 4.79 Å². The van der Waals surface area contributed by atoms with Crippen LogP contribution in [0, 0.1) is 0 Å². The molecule has 26 heavy (non-hydrogen) atoms. The summed E-state index contributed by atoms with van der Waals surface area (Å²) >= 11 is 0. The number of imide groups is 1. The molecule has 5 nitrogen and oxygen atoms in total. The van der Waals surface area contributed by atoms with Crippen LogP contribution in [0.5, 0.6) is 0 Å². The fraction of sp³-hybridized carbons (Fsp3) is 0.286. The third kappa shape index (κ3) is 3.01. The van der Waals surface area contributed by atoms with Gasteiger partial charge in [0.25, 0.3) is 5.91 Å². The molecule has 1 spiro atoms. The van der Waals surface area contributed by atoms with E-state index in [4.69, 9.17) is 0 Å². The minimum Gasteiger partial charge on any atom is -0.321 e. The number of hydrogen-bond acceptors (Lipinski definition) is 3. The van der Waals surface area contributed by atoms with Crippen LogP contribution in [0.15, 0.2) is 59.7 Å². The van der Waals surface area contributed by atoms with Crippen LogP contribution in [-0.4, -0.2) is 28.7 Å². The van der Waals surface area contributed by atoms with Crippen LogP contribution in [0.25, 0.3) is 11.1 Å². The van der Waals surface area contributed by atoms with E-state index >= 15 is 0 Å². The lowest BCUT2D eigenvalue weighted by atomic mass is 9.82. The molecule has 1 aliphatic carbocycles. The summed E-state index contributed by atoms with van der Waals surface area (Å²) in [6.45, 7) is 0. The summed E-state index contributed by atoms with van der Waals surface area (Å²) in [5.41, 5.74) is 2.36. The van der Waals surface area contributed by atoms with Gasteiger partial charge in [-0.1, -0.05) is 73.9 Å². The van der Waals surface area contributed by atoms with E-state index in [1.807, 2.05) is 42.5 Å². The van der Waals surface area contributed by atoms with E-state index in [0.29, 0.717) is 12.8 Å². The van der Waals surface area contributed by atoms with E-state index in [1.54, 1.807) is 6.21 Å². The average molecular weight is 347 g/mol. The van der Waals surface area contributed by atoms with Crippen LogP contribution in [0.2, 0.25) is 0 Å². The third-order valence-electron chi connectivity index (χ3n) is 5.19. The topological polar surface area (TPSA) is 61.8 Å². The lowest BCUT2D eigenvalue weighted by Crippen LogP contribution is -2.48. The summed E-state index contributed by atoms with van der Waals surface area (Å²) in [6, 6.07) is 17.6. The van der Waals surface area contributed by atoms with Gasteiger partial charge in [-0.05, 0) is 29.5 Å². The number of urea groups is 1. The van der Waals surface area contributed by atoms with Crippen LogP contribution in [0.3, 0.4) is 0 Å². The lowest BCUT2D eigenvalue weighted by Gasteiger charge is -2.29. The zero-order chi connectivity index (χ0) is 18.0. The molecule has 1 aliphatic heterocycles. The van der Waals surface area contributed by atoms with Crippen molar-refractivity contribution in [3.63, 3.8) is 0 Å². The Morgan fingerprint density at radius 2 is 1.54 bits per heavy atom. The Kier molecular flexibility index (Phi) is 4.29. The zero-order valence-electron chi connectivity index (χ0n) is 14.5. The van der Waals surface area contributed by atoms with Gasteiger partial charge in [0.15, 0.2) is 0 Å². The standard InChI is InChI=1S/C21H21N3O2/c25-19-21(13-5-2-6-14-21)23-20(26)24(19)22-15-16-9-11-18(12-10-16)17-7-3-1-4-8-17/h1,3-4,7-12,15H,2,5-6,13-14H2,(H,23,26)/b22-15-. The van der Waals surface area contributed by atoms with E-state index in [-0.39, 0.29) is 5.91 Å². The molecule has 3 amide bonds. The van der Waals surface area contributed by atoms with Crippen molar-refractivity contribution >= 4 is 18.2 Å². The maximum Gasteiger partial charge on any atom is 0.346 e. The van der Waals surface area contributed by atoms with E-state index in [0.717, 1.165) is 41.0 Å². The van der Waals surface area contributed by atoms with Crippen molar-refractivity contribution in [3.05, 3.63) is 60.2 Å². The molecule has 0 radical (unpaired) electrons. The molecule has 132 valence electrons. The minimum atomic E-state index is -0.732. The number of carbonyl (C=O) groups excluding carboxylic acids is 2. The van der Waals surface area contributed by atoms with E-state index < -0.39 is 11.6 Å². The molecule has 1 saturated carbocycles. The number of nitrogens with one attached hydrogen (secondary N) is 1. The number of amides is 3. The predicted octanol–water partition coefficient (Wildman–Crippen LogP) is 3.94. The number of rotatable bonds is 3. The first-order valence-corrected chi connectivity index (χ1v) is 9.04. The molecule has 1 N–H and O–H groups in total. The van der Waals surface area contributed by atoms with Crippen LogP contribution < -0.4 is 5.32 Å². The van der Waals surface area contributed by atoms with Gasteiger partial charge in [-0.15, -0.1) is 5.01 Å². The fourth-order valence-electron chi connectivity index (χ4n) is 3.72. The van der Waals surface area contributed by atoms with Crippen LogP contribution in [-0.2, 0) is 4.79 Å². The van der Waals surface area contributed by atoms with E-state index in [1.165, 1.54) is 0 Å². The average Bonchev–Trinajstić information content (AvgIpc) is 2.91. The normalized spacial score (nSPS) is 19.3.